The van der Waals surface area contributed by atoms with E-state index in [9.17, 15) is 4.39 Å². The molecule has 4 N–H and O–H groups in total. The predicted octanol–water partition coefficient (Wildman–Crippen LogP) is 6.34. The molecular weight excluding hydrogens is 413 g/mol. The standard InChI is InChI=1S/C27H22FN5/c1-3-16(14-19(29)4-2)22-11-12-24-26(31-22)27(33-32-24)25-15-21-20(9-6-10-23(21)30-25)17-7-5-8-18(28)13-17/h3-15,30H,2,29H2,1H3,(H,32,33)/b16-3+,19-14+. The van der Waals surface area contributed by atoms with Crippen molar-refractivity contribution >= 4 is 27.5 Å². The molecule has 3 heterocycles. The number of fused-ring (bicyclic) bond motifs is 2. The van der Waals surface area contributed by atoms with Gasteiger partial charge < -0.3 is 10.7 Å². The third-order valence-electron chi connectivity index (χ3n) is 5.63. The number of nitrogens with zero attached hydrogens (tertiary/aromatic N) is 2. The number of benzene rings is 2. The van der Waals surface area contributed by atoms with Gasteiger partial charge in [0, 0.05) is 16.6 Å². The molecule has 5 aromatic rings. The van der Waals surface area contributed by atoms with Crippen molar-refractivity contribution in [2.45, 2.75) is 6.92 Å². The summed E-state index contributed by atoms with van der Waals surface area (Å²) in [5.74, 6) is -0.263. The number of hydrogen-bond donors (Lipinski definition) is 3. The molecule has 0 aliphatic heterocycles. The molecule has 0 radical (unpaired) electrons. The summed E-state index contributed by atoms with van der Waals surface area (Å²) < 4.78 is 13.8. The summed E-state index contributed by atoms with van der Waals surface area (Å²) in [7, 11) is 0. The number of rotatable bonds is 5. The van der Waals surface area contributed by atoms with E-state index in [0.29, 0.717) is 11.4 Å². The minimum Gasteiger partial charge on any atom is -0.399 e. The van der Waals surface area contributed by atoms with Gasteiger partial charge in [0.05, 0.1) is 16.9 Å². The minimum atomic E-state index is -0.263. The zero-order valence-corrected chi connectivity index (χ0v) is 18.1. The smallest absolute Gasteiger partial charge is 0.135 e. The monoisotopic (exact) mass is 435 g/mol. The second-order valence-electron chi connectivity index (χ2n) is 7.72. The van der Waals surface area contributed by atoms with Crippen molar-refractivity contribution in [1.82, 2.24) is 20.2 Å². The van der Waals surface area contributed by atoms with Gasteiger partial charge in [-0.3, -0.25) is 5.10 Å². The fourth-order valence-corrected chi connectivity index (χ4v) is 3.98. The molecule has 2 aromatic carbocycles. The van der Waals surface area contributed by atoms with Crippen molar-refractivity contribution in [3.63, 3.8) is 0 Å². The van der Waals surface area contributed by atoms with Crippen molar-refractivity contribution in [3.05, 3.63) is 103 Å². The van der Waals surface area contributed by atoms with Gasteiger partial charge in [-0.2, -0.15) is 5.10 Å². The number of aromatic nitrogens is 4. The Kier molecular flexibility index (Phi) is 5.11. The Bertz CT molecular complexity index is 1570. The molecule has 0 spiro atoms. The first-order valence-electron chi connectivity index (χ1n) is 10.6. The highest BCUT2D eigenvalue weighted by atomic mass is 19.1. The van der Waals surface area contributed by atoms with Gasteiger partial charge in [-0.1, -0.05) is 36.9 Å². The second kappa shape index (κ2) is 8.24. The van der Waals surface area contributed by atoms with Crippen LogP contribution < -0.4 is 5.73 Å². The zero-order chi connectivity index (χ0) is 22.9. The van der Waals surface area contributed by atoms with Gasteiger partial charge in [-0.05, 0) is 72.2 Å². The summed E-state index contributed by atoms with van der Waals surface area (Å²) in [6.07, 6.45) is 5.40. The van der Waals surface area contributed by atoms with Gasteiger partial charge in [0.1, 0.15) is 17.0 Å². The topological polar surface area (TPSA) is 83.4 Å². The van der Waals surface area contributed by atoms with E-state index in [1.54, 1.807) is 18.2 Å². The van der Waals surface area contributed by atoms with E-state index in [1.807, 2.05) is 61.5 Å². The van der Waals surface area contributed by atoms with E-state index in [1.165, 1.54) is 6.07 Å². The van der Waals surface area contributed by atoms with Crippen LogP contribution in [0.5, 0.6) is 0 Å². The number of aromatic amines is 2. The van der Waals surface area contributed by atoms with Crippen LogP contribution in [-0.2, 0) is 0 Å². The maximum absolute atomic E-state index is 13.8. The number of halogens is 1. The summed E-state index contributed by atoms with van der Waals surface area (Å²) >= 11 is 0. The predicted molar refractivity (Wildman–Crippen MR) is 133 cm³/mol. The number of H-pyrrole nitrogens is 2. The first kappa shape index (κ1) is 20.5. The van der Waals surface area contributed by atoms with Crippen molar-refractivity contribution in [2.24, 2.45) is 5.73 Å². The second-order valence-corrected chi connectivity index (χ2v) is 7.72. The lowest BCUT2D eigenvalue weighted by atomic mass is 10.0. The minimum absolute atomic E-state index is 0.263. The lowest BCUT2D eigenvalue weighted by molar-refractivity contribution is 0.628. The highest BCUT2D eigenvalue weighted by Crippen LogP contribution is 2.34. The van der Waals surface area contributed by atoms with Crippen molar-refractivity contribution in [3.8, 4) is 22.5 Å². The molecule has 0 amide bonds. The highest BCUT2D eigenvalue weighted by molar-refractivity contribution is 6.00. The summed E-state index contributed by atoms with van der Waals surface area (Å²) in [6.45, 7) is 5.65. The Labute approximate surface area is 190 Å². The van der Waals surface area contributed by atoms with E-state index in [4.69, 9.17) is 10.7 Å². The van der Waals surface area contributed by atoms with Crippen LogP contribution in [0, 0.1) is 5.82 Å². The van der Waals surface area contributed by atoms with E-state index < -0.39 is 0 Å². The van der Waals surface area contributed by atoms with Crippen LogP contribution in [0.4, 0.5) is 4.39 Å². The summed E-state index contributed by atoms with van der Waals surface area (Å²) in [6, 6.07) is 18.5. The maximum Gasteiger partial charge on any atom is 0.135 e. The molecule has 0 aliphatic rings. The molecule has 6 heteroatoms. The number of hydrogen-bond acceptors (Lipinski definition) is 3. The number of pyridine rings is 1. The number of allylic oxidation sites excluding steroid dienone is 4. The Balaban J connectivity index is 1.64. The third kappa shape index (κ3) is 3.72. The molecule has 0 saturated heterocycles. The van der Waals surface area contributed by atoms with Crippen LogP contribution in [0.25, 0.3) is 50.0 Å². The van der Waals surface area contributed by atoms with Gasteiger partial charge in [0.2, 0.25) is 0 Å². The summed E-state index contributed by atoms with van der Waals surface area (Å²) in [4.78, 5) is 8.31. The molecule has 0 fully saturated rings. The molecule has 0 saturated carbocycles. The van der Waals surface area contributed by atoms with Gasteiger partial charge in [0.15, 0.2) is 0 Å². The molecule has 3 aromatic heterocycles. The average Bonchev–Trinajstić information content (AvgIpc) is 3.45. The van der Waals surface area contributed by atoms with Crippen LogP contribution >= 0.6 is 0 Å². The molecule has 0 unspecified atom stereocenters. The molecule has 33 heavy (non-hydrogen) atoms. The molecular formula is C27H22FN5. The lowest BCUT2D eigenvalue weighted by Gasteiger charge is -2.03. The SMILES string of the molecule is C=C/C(N)=C\C(=C/C)c1ccc2[nH]nc(-c3cc4c(-c5cccc(F)c5)cccc4[nH]3)c2n1. The molecule has 0 aliphatic carbocycles. The molecule has 0 atom stereocenters. The van der Waals surface area contributed by atoms with E-state index in [2.05, 4.69) is 21.8 Å². The van der Waals surface area contributed by atoms with Gasteiger partial charge in [-0.25, -0.2) is 9.37 Å². The molecule has 0 bridgehead atoms. The normalized spacial score (nSPS) is 12.5. The first-order valence-corrected chi connectivity index (χ1v) is 10.6. The highest BCUT2D eigenvalue weighted by Gasteiger charge is 2.15. The fraction of sp³-hybridized carbons (Fsp3) is 0.0370. The van der Waals surface area contributed by atoms with E-state index in [0.717, 1.165) is 50.0 Å². The fourth-order valence-electron chi connectivity index (χ4n) is 3.98. The lowest BCUT2D eigenvalue weighted by Crippen LogP contribution is -1.95. The van der Waals surface area contributed by atoms with Crippen LogP contribution in [0.15, 0.2) is 91.2 Å². The van der Waals surface area contributed by atoms with Crippen molar-refractivity contribution < 1.29 is 4.39 Å². The molecule has 162 valence electrons. The largest absolute Gasteiger partial charge is 0.399 e. The molecule has 5 nitrogen and oxygen atoms in total. The summed E-state index contributed by atoms with van der Waals surface area (Å²) in [5.41, 5.74) is 14.0. The third-order valence-corrected chi connectivity index (χ3v) is 5.63. The Morgan fingerprint density at radius 1 is 1.06 bits per heavy atom. The van der Waals surface area contributed by atoms with Gasteiger partial charge >= 0.3 is 0 Å². The average molecular weight is 436 g/mol. The number of nitrogens with two attached hydrogens (primary N) is 1. The van der Waals surface area contributed by atoms with Crippen molar-refractivity contribution in [2.75, 3.05) is 0 Å². The van der Waals surface area contributed by atoms with Crippen molar-refractivity contribution in [1.29, 1.82) is 0 Å². The Morgan fingerprint density at radius 3 is 2.70 bits per heavy atom. The van der Waals surface area contributed by atoms with Crippen LogP contribution in [0.3, 0.4) is 0 Å². The first-order chi connectivity index (χ1) is 16.1. The van der Waals surface area contributed by atoms with Gasteiger partial charge in [-0.15, -0.1) is 0 Å². The maximum atomic E-state index is 13.8. The van der Waals surface area contributed by atoms with E-state index in [-0.39, 0.29) is 5.82 Å². The quantitative estimate of drug-likeness (QED) is 0.282. The zero-order valence-electron chi connectivity index (χ0n) is 18.1. The van der Waals surface area contributed by atoms with E-state index >= 15 is 0 Å². The Hall–Kier alpha value is -4.45. The number of nitrogens with one attached hydrogen (secondary N) is 2. The van der Waals surface area contributed by atoms with Crippen LogP contribution in [0.2, 0.25) is 0 Å². The molecule has 5 rings (SSSR count). The van der Waals surface area contributed by atoms with Gasteiger partial charge in [0.25, 0.3) is 0 Å². The summed E-state index contributed by atoms with van der Waals surface area (Å²) in [5, 5.41) is 8.58. The van der Waals surface area contributed by atoms with Crippen LogP contribution in [-0.4, -0.2) is 20.2 Å². The Morgan fingerprint density at radius 2 is 1.91 bits per heavy atom. The van der Waals surface area contributed by atoms with Crippen LogP contribution in [0.1, 0.15) is 12.6 Å².